The fraction of sp³-hybridized carbons (Fsp3) is 0.0625. The van der Waals surface area contributed by atoms with E-state index in [0.717, 1.165) is 21.1 Å². The maximum Gasteiger partial charge on any atom is 0.141 e. The lowest BCUT2D eigenvalue weighted by Crippen LogP contribution is -1.94. The van der Waals surface area contributed by atoms with Gasteiger partial charge in [-0.1, -0.05) is 24.3 Å². The molecule has 0 spiro atoms. The molecule has 0 saturated carbocycles. The number of benzene rings is 2. The number of ether oxygens (including phenoxy) is 1. The lowest BCUT2D eigenvalue weighted by molar-refractivity contribution is 0.276. The van der Waals surface area contributed by atoms with E-state index in [1.807, 2.05) is 48.5 Å². The van der Waals surface area contributed by atoms with Crippen LogP contribution < -0.4 is 4.74 Å². The summed E-state index contributed by atoms with van der Waals surface area (Å²) >= 11 is 3.46. The van der Waals surface area contributed by atoms with E-state index in [2.05, 4.69) is 20.9 Å². The molecule has 0 unspecified atom stereocenters. The number of para-hydroxylation sites is 2. The van der Waals surface area contributed by atoms with E-state index in [1.54, 1.807) is 6.07 Å². The summed E-state index contributed by atoms with van der Waals surface area (Å²) in [4.78, 5) is 4.38. The number of aromatic nitrogens is 1. The van der Waals surface area contributed by atoms with Gasteiger partial charge in [-0.15, -0.1) is 0 Å². The molecule has 0 radical (unpaired) electrons. The van der Waals surface area contributed by atoms with Crippen molar-refractivity contribution in [3.63, 3.8) is 0 Å². The summed E-state index contributed by atoms with van der Waals surface area (Å²) in [5, 5.41) is 10.2. The summed E-state index contributed by atoms with van der Waals surface area (Å²) < 4.78 is 6.85. The van der Waals surface area contributed by atoms with Crippen LogP contribution in [-0.4, -0.2) is 10.1 Å². The highest BCUT2D eigenvalue weighted by Crippen LogP contribution is 2.33. The maximum absolute atomic E-state index is 9.31. The fourth-order valence-corrected chi connectivity index (χ4v) is 2.37. The Morgan fingerprint density at radius 2 is 1.75 bits per heavy atom. The zero-order chi connectivity index (χ0) is 13.9. The van der Waals surface area contributed by atoms with Crippen LogP contribution in [0.3, 0.4) is 0 Å². The Hall–Kier alpha value is -1.91. The Morgan fingerprint density at radius 1 is 1.00 bits per heavy atom. The van der Waals surface area contributed by atoms with Crippen LogP contribution in [0.1, 0.15) is 5.69 Å². The normalized spacial score (nSPS) is 10.7. The van der Waals surface area contributed by atoms with Gasteiger partial charge in [0, 0.05) is 11.5 Å². The van der Waals surface area contributed by atoms with Gasteiger partial charge in [-0.25, -0.2) is 0 Å². The first-order valence-electron chi connectivity index (χ1n) is 6.20. The molecule has 0 bridgehead atoms. The molecule has 1 aromatic heterocycles. The number of aliphatic hydroxyl groups is 1. The van der Waals surface area contributed by atoms with Crippen molar-refractivity contribution in [2.24, 2.45) is 0 Å². The van der Waals surface area contributed by atoms with E-state index in [9.17, 15) is 5.11 Å². The Bertz CT molecular complexity index is 758. The minimum atomic E-state index is -0.114. The minimum absolute atomic E-state index is 0.114. The second-order valence-corrected chi connectivity index (χ2v) is 5.17. The van der Waals surface area contributed by atoms with E-state index in [0.29, 0.717) is 11.4 Å². The number of pyridine rings is 1. The predicted octanol–water partition coefficient (Wildman–Crippen LogP) is 4.28. The number of fused-ring (bicyclic) bond motifs is 1. The zero-order valence-electron chi connectivity index (χ0n) is 10.6. The molecule has 3 nitrogen and oxygen atoms in total. The third-order valence-electron chi connectivity index (χ3n) is 2.95. The van der Waals surface area contributed by atoms with E-state index in [4.69, 9.17) is 4.74 Å². The summed E-state index contributed by atoms with van der Waals surface area (Å²) in [6, 6.07) is 17.1. The van der Waals surface area contributed by atoms with Crippen LogP contribution in [0.2, 0.25) is 0 Å². The Morgan fingerprint density at radius 3 is 2.55 bits per heavy atom. The van der Waals surface area contributed by atoms with Crippen LogP contribution >= 0.6 is 15.9 Å². The molecule has 4 heteroatoms. The quantitative estimate of drug-likeness (QED) is 0.779. The van der Waals surface area contributed by atoms with Gasteiger partial charge >= 0.3 is 0 Å². The summed E-state index contributed by atoms with van der Waals surface area (Å²) in [6.45, 7) is -0.114. The van der Waals surface area contributed by atoms with Gasteiger partial charge < -0.3 is 9.84 Å². The zero-order valence-corrected chi connectivity index (χ0v) is 12.2. The molecule has 1 heterocycles. The highest BCUT2D eigenvalue weighted by atomic mass is 79.9. The van der Waals surface area contributed by atoms with E-state index in [-0.39, 0.29) is 6.61 Å². The van der Waals surface area contributed by atoms with Crippen molar-refractivity contribution in [2.45, 2.75) is 6.61 Å². The SMILES string of the molecule is OCc1cc(Oc2ccccc2Br)c2ccccc2n1. The van der Waals surface area contributed by atoms with Gasteiger partial charge in [0.15, 0.2) is 0 Å². The molecule has 1 N–H and O–H groups in total. The first-order valence-corrected chi connectivity index (χ1v) is 6.99. The topological polar surface area (TPSA) is 42.4 Å². The number of hydrogen-bond donors (Lipinski definition) is 1. The molecule has 0 saturated heterocycles. The molecule has 100 valence electrons. The number of rotatable bonds is 3. The van der Waals surface area contributed by atoms with Gasteiger partial charge in [-0.3, -0.25) is 4.98 Å². The third-order valence-corrected chi connectivity index (χ3v) is 3.60. The van der Waals surface area contributed by atoms with Crippen molar-refractivity contribution in [1.82, 2.24) is 4.98 Å². The standard InChI is InChI=1S/C16H12BrNO2/c17-13-6-2-4-8-15(13)20-16-9-11(10-19)18-14-7-3-1-5-12(14)16/h1-9,19H,10H2. The summed E-state index contributed by atoms with van der Waals surface area (Å²) in [7, 11) is 0. The Balaban J connectivity index is 2.13. The average molecular weight is 330 g/mol. The van der Waals surface area contributed by atoms with Crippen molar-refractivity contribution in [3.05, 3.63) is 64.8 Å². The fourth-order valence-electron chi connectivity index (χ4n) is 2.01. The summed E-state index contributed by atoms with van der Waals surface area (Å²) in [5.41, 5.74) is 1.40. The molecule has 20 heavy (non-hydrogen) atoms. The van der Waals surface area contributed by atoms with Crippen LogP contribution in [0.15, 0.2) is 59.1 Å². The monoisotopic (exact) mass is 329 g/mol. The van der Waals surface area contributed by atoms with Gasteiger partial charge in [-0.05, 0) is 40.2 Å². The van der Waals surface area contributed by atoms with Crippen molar-refractivity contribution >= 4 is 26.8 Å². The molecule has 2 aromatic carbocycles. The maximum atomic E-state index is 9.31. The first-order chi connectivity index (χ1) is 9.78. The van der Waals surface area contributed by atoms with E-state index >= 15 is 0 Å². The van der Waals surface area contributed by atoms with Crippen LogP contribution in [0.4, 0.5) is 0 Å². The largest absolute Gasteiger partial charge is 0.455 e. The van der Waals surface area contributed by atoms with Gasteiger partial charge in [0.05, 0.1) is 22.3 Å². The van der Waals surface area contributed by atoms with Crippen LogP contribution in [0.25, 0.3) is 10.9 Å². The number of aliphatic hydroxyl groups excluding tert-OH is 1. The van der Waals surface area contributed by atoms with Gasteiger partial charge in [0.2, 0.25) is 0 Å². The van der Waals surface area contributed by atoms with E-state index in [1.165, 1.54) is 0 Å². The van der Waals surface area contributed by atoms with Gasteiger partial charge in [0.1, 0.15) is 11.5 Å². The Kier molecular flexibility index (Phi) is 3.67. The molecule has 0 amide bonds. The van der Waals surface area contributed by atoms with Crippen LogP contribution in [0.5, 0.6) is 11.5 Å². The van der Waals surface area contributed by atoms with Crippen LogP contribution in [-0.2, 0) is 6.61 Å². The second kappa shape index (κ2) is 5.61. The molecular weight excluding hydrogens is 318 g/mol. The van der Waals surface area contributed by atoms with Crippen molar-refractivity contribution in [2.75, 3.05) is 0 Å². The number of hydrogen-bond acceptors (Lipinski definition) is 3. The third kappa shape index (κ3) is 2.53. The average Bonchev–Trinajstić information content (AvgIpc) is 2.49. The molecule has 0 aliphatic carbocycles. The molecule has 3 rings (SSSR count). The van der Waals surface area contributed by atoms with Gasteiger partial charge in [-0.2, -0.15) is 0 Å². The van der Waals surface area contributed by atoms with Crippen molar-refractivity contribution < 1.29 is 9.84 Å². The smallest absolute Gasteiger partial charge is 0.141 e. The van der Waals surface area contributed by atoms with E-state index < -0.39 is 0 Å². The number of halogens is 1. The highest BCUT2D eigenvalue weighted by Gasteiger charge is 2.09. The highest BCUT2D eigenvalue weighted by molar-refractivity contribution is 9.10. The lowest BCUT2D eigenvalue weighted by Gasteiger charge is -2.11. The van der Waals surface area contributed by atoms with Crippen LogP contribution in [0, 0.1) is 0 Å². The van der Waals surface area contributed by atoms with Gasteiger partial charge in [0.25, 0.3) is 0 Å². The number of nitrogens with zero attached hydrogens (tertiary/aromatic N) is 1. The first kappa shape index (κ1) is 13.1. The predicted molar refractivity (Wildman–Crippen MR) is 81.9 cm³/mol. The van der Waals surface area contributed by atoms with Crippen molar-refractivity contribution in [1.29, 1.82) is 0 Å². The molecule has 3 aromatic rings. The lowest BCUT2D eigenvalue weighted by atomic mass is 10.2. The summed E-state index contributed by atoms with van der Waals surface area (Å²) in [6.07, 6.45) is 0. The molecular formula is C16H12BrNO2. The second-order valence-electron chi connectivity index (χ2n) is 4.32. The summed E-state index contributed by atoms with van der Waals surface area (Å²) in [5.74, 6) is 1.42. The molecule has 0 fully saturated rings. The molecule has 0 aliphatic rings. The minimum Gasteiger partial charge on any atom is -0.455 e. The molecule has 0 aliphatic heterocycles. The Labute approximate surface area is 125 Å². The van der Waals surface area contributed by atoms with Crippen molar-refractivity contribution in [3.8, 4) is 11.5 Å². The molecule has 0 atom stereocenters.